The summed E-state index contributed by atoms with van der Waals surface area (Å²) < 4.78 is 13.2. The molecule has 5 heteroatoms. The Morgan fingerprint density at radius 2 is 2.04 bits per heavy atom. The summed E-state index contributed by atoms with van der Waals surface area (Å²) in [6, 6.07) is 1.78. The van der Waals surface area contributed by atoms with Crippen LogP contribution in [0.1, 0.15) is 68.4 Å². The van der Waals surface area contributed by atoms with Crippen LogP contribution in [0.4, 0.5) is 0 Å². The summed E-state index contributed by atoms with van der Waals surface area (Å²) in [5, 5.41) is 13.4. The van der Waals surface area contributed by atoms with Gasteiger partial charge in [0.15, 0.2) is 0 Å². The van der Waals surface area contributed by atoms with E-state index in [0.717, 1.165) is 36.1 Å². The van der Waals surface area contributed by atoms with Crippen LogP contribution in [0.3, 0.4) is 0 Å². The molecule has 2 saturated carbocycles. The number of phenolic OH excluding ortho intramolecular Hbond substituents is 1. The van der Waals surface area contributed by atoms with Crippen LogP contribution in [0.5, 0.6) is 11.5 Å². The lowest BCUT2D eigenvalue weighted by molar-refractivity contribution is -0.203. The van der Waals surface area contributed by atoms with Gasteiger partial charge in [-0.25, -0.2) is 0 Å². The molecule has 6 atom stereocenters. The first-order valence-corrected chi connectivity index (χ1v) is 10.7. The molecule has 1 spiro atoms. The minimum absolute atomic E-state index is 0.0200. The number of phenols is 1. The fourth-order valence-electron chi connectivity index (χ4n) is 7.41. The van der Waals surface area contributed by atoms with Gasteiger partial charge in [0.1, 0.15) is 17.1 Å². The van der Waals surface area contributed by atoms with Crippen molar-refractivity contribution in [2.24, 2.45) is 22.7 Å². The Hall–Kier alpha value is -1.75. The van der Waals surface area contributed by atoms with Crippen molar-refractivity contribution < 1.29 is 19.4 Å². The molecule has 1 saturated heterocycles. The Bertz CT molecular complexity index is 924. The van der Waals surface area contributed by atoms with Crippen LogP contribution < -0.4 is 10.1 Å². The Balaban J connectivity index is 1.58. The monoisotopic (exact) mass is 383 g/mol. The summed E-state index contributed by atoms with van der Waals surface area (Å²) in [6.07, 6.45) is 4.79. The molecule has 5 nitrogen and oxygen atoms in total. The van der Waals surface area contributed by atoms with Gasteiger partial charge < -0.3 is 19.9 Å². The maximum Gasteiger partial charge on any atom is 0.255 e. The van der Waals surface area contributed by atoms with Crippen LogP contribution in [0.25, 0.3) is 0 Å². The minimum atomic E-state index is -0.283. The number of hydrogen-bond donors (Lipinski definition) is 2. The highest BCUT2D eigenvalue weighted by atomic mass is 16.6. The zero-order valence-electron chi connectivity index (χ0n) is 17.1. The second-order valence-corrected chi connectivity index (χ2v) is 10.7. The molecule has 0 aromatic heterocycles. The summed E-state index contributed by atoms with van der Waals surface area (Å²) in [5.41, 5.74) is 2.06. The third kappa shape index (κ3) is 1.76. The maximum atomic E-state index is 12.3. The molecule has 0 bridgehead atoms. The lowest BCUT2D eigenvalue weighted by Gasteiger charge is -2.65. The fourth-order valence-corrected chi connectivity index (χ4v) is 7.41. The van der Waals surface area contributed by atoms with Crippen molar-refractivity contribution in [1.29, 1.82) is 0 Å². The topological polar surface area (TPSA) is 71.1 Å². The van der Waals surface area contributed by atoms with Crippen molar-refractivity contribution in [3.63, 3.8) is 0 Å². The molecule has 2 unspecified atom stereocenters. The van der Waals surface area contributed by atoms with E-state index in [9.17, 15) is 9.90 Å². The first-order chi connectivity index (χ1) is 13.2. The summed E-state index contributed by atoms with van der Waals surface area (Å²) in [7, 11) is 0. The largest absolute Gasteiger partial charge is 0.507 e. The number of nitrogens with one attached hydrogen (secondary N) is 1. The Morgan fingerprint density at radius 1 is 1.25 bits per heavy atom. The Labute approximate surface area is 165 Å². The molecule has 28 heavy (non-hydrogen) atoms. The predicted molar refractivity (Wildman–Crippen MR) is 103 cm³/mol. The van der Waals surface area contributed by atoms with Crippen molar-refractivity contribution in [2.45, 2.75) is 77.7 Å². The molecule has 3 heterocycles. The summed E-state index contributed by atoms with van der Waals surface area (Å²) in [4.78, 5) is 12.3. The molecule has 6 rings (SSSR count). The molecule has 2 N–H and O–H groups in total. The van der Waals surface area contributed by atoms with Crippen LogP contribution in [-0.2, 0) is 17.7 Å². The fraction of sp³-hybridized carbons (Fsp3) is 0.696. The number of rotatable bonds is 0. The molecular formula is C23H29NO4. The predicted octanol–water partition coefficient (Wildman–Crippen LogP) is 3.56. The number of carbonyl (C=O) groups excluding carboxylic acids is 1. The first-order valence-electron chi connectivity index (χ1n) is 10.7. The number of amides is 1. The van der Waals surface area contributed by atoms with Gasteiger partial charge in [0.05, 0.1) is 17.8 Å². The van der Waals surface area contributed by atoms with Crippen molar-refractivity contribution in [2.75, 3.05) is 0 Å². The minimum Gasteiger partial charge on any atom is -0.507 e. The van der Waals surface area contributed by atoms with Gasteiger partial charge in [0, 0.05) is 35.3 Å². The molecular weight excluding hydrogens is 354 g/mol. The highest BCUT2D eigenvalue weighted by molar-refractivity contribution is 6.02. The second kappa shape index (κ2) is 4.86. The van der Waals surface area contributed by atoms with E-state index in [1.807, 2.05) is 0 Å². The van der Waals surface area contributed by atoms with Crippen LogP contribution >= 0.6 is 0 Å². The second-order valence-electron chi connectivity index (χ2n) is 10.7. The number of benzene rings is 1. The van der Waals surface area contributed by atoms with Gasteiger partial charge >= 0.3 is 0 Å². The molecule has 2 aliphatic carbocycles. The van der Waals surface area contributed by atoms with Gasteiger partial charge in [0.2, 0.25) is 0 Å². The van der Waals surface area contributed by atoms with Crippen molar-refractivity contribution >= 4 is 5.91 Å². The van der Waals surface area contributed by atoms with Crippen molar-refractivity contribution in [3.05, 3.63) is 22.8 Å². The van der Waals surface area contributed by atoms with Crippen molar-refractivity contribution in [3.8, 4) is 11.5 Å². The molecule has 3 aliphatic heterocycles. The molecule has 5 aliphatic rings. The Morgan fingerprint density at radius 3 is 2.82 bits per heavy atom. The lowest BCUT2D eigenvalue weighted by atomic mass is 9.44. The quantitative estimate of drug-likeness (QED) is 0.672. The molecule has 1 aromatic carbocycles. The average Bonchev–Trinajstić information content (AvgIpc) is 3.30. The Kier molecular flexibility index (Phi) is 2.98. The first kappa shape index (κ1) is 17.1. The van der Waals surface area contributed by atoms with E-state index in [0.29, 0.717) is 30.0 Å². The number of epoxide rings is 1. The molecule has 150 valence electrons. The van der Waals surface area contributed by atoms with Crippen molar-refractivity contribution in [1.82, 2.24) is 5.32 Å². The number of aromatic hydroxyl groups is 1. The zero-order valence-corrected chi connectivity index (χ0v) is 17.1. The molecule has 3 fully saturated rings. The van der Waals surface area contributed by atoms with Gasteiger partial charge in [-0.2, -0.15) is 0 Å². The van der Waals surface area contributed by atoms with Crippen LogP contribution in [0, 0.1) is 22.7 Å². The highest BCUT2D eigenvalue weighted by Gasteiger charge is 2.73. The number of hydrogen-bond acceptors (Lipinski definition) is 4. The van der Waals surface area contributed by atoms with Crippen LogP contribution in [0.15, 0.2) is 6.07 Å². The summed E-state index contributed by atoms with van der Waals surface area (Å²) in [6.45, 7) is 9.89. The van der Waals surface area contributed by atoms with Gasteiger partial charge in [-0.1, -0.05) is 27.7 Å². The van der Waals surface area contributed by atoms with Gasteiger partial charge in [-0.15, -0.1) is 0 Å². The standard InChI is InChI=1S/C23H29NO4/c1-11-5-6-16-21(2,3)19-15(27-19)9-23(16)22(11,4)8-12-7-14(25)17-13(18(12)28-23)10-24-20(17)26/h7,11,15-16,19,25H,5-6,8-10H2,1-4H3,(H,24,26)/t11-,15?,16-,19?,22+,23-/m0/s1. The molecule has 0 radical (unpaired) electrons. The van der Waals surface area contributed by atoms with Crippen LogP contribution in [-0.4, -0.2) is 28.8 Å². The van der Waals surface area contributed by atoms with Gasteiger partial charge in [-0.3, -0.25) is 4.79 Å². The van der Waals surface area contributed by atoms with E-state index in [-0.39, 0.29) is 34.2 Å². The maximum absolute atomic E-state index is 12.3. The van der Waals surface area contributed by atoms with E-state index >= 15 is 0 Å². The number of carbonyl (C=O) groups is 1. The van der Waals surface area contributed by atoms with E-state index < -0.39 is 0 Å². The number of fused-ring (bicyclic) bond motifs is 4. The third-order valence-electron chi connectivity index (χ3n) is 9.15. The van der Waals surface area contributed by atoms with E-state index in [1.165, 1.54) is 6.42 Å². The zero-order chi connectivity index (χ0) is 19.6. The van der Waals surface area contributed by atoms with Gasteiger partial charge in [0.25, 0.3) is 5.91 Å². The van der Waals surface area contributed by atoms with Crippen LogP contribution in [0.2, 0.25) is 0 Å². The normalized spacial score (nSPS) is 44.2. The highest BCUT2D eigenvalue weighted by Crippen LogP contribution is 2.69. The summed E-state index contributed by atoms with van der Waals surface area (Å²) in [5.74, 6) is 1.68. The smallest absolute Gasteiger partial charge is 0.255 e. The molecule has 1 amide bonds. The third-order valence-corrected chi connectivity index (χ3v) is 9.15. The van der Waals surface area contributed by atoms with Gasteiger partial charge in [-0.05, 0) is 36.8 Å². The SMILES string of the molecule is C[C@H]1CC[C@H]2C(C)(C)C3OC3C[C@]23Oc2c(cc(O)c4c2CNC4=O)C[C@]13C. The number of ether oxygens (including phenoxy) is 2. The lowest BCUT2D eigenvalue weighted by Crippen LogP contribution is -2.69. The van der Waals surface area contributed by atoms with E-state index in [2.05, 4.69) is 33.0 Å². The van der Waals surface area contributed by atoms with E-state index in [1.54, 1.807) is 6.07 Å². The molecule has 1 aromatic rings. The van der Waals surface area contributed by atoms with E-state index in [4.69, 9.17) is 9.47 Å². The summed E-state index contributed by atoms with van der Waals surface area (Å²) >= 11 is 0. The average molecular weight is 383 g/mol.